The summed E-state index contributed by atoms with van der Waals surface area (Å²) in [5.74, 6) is 0.570. The molecular weight excluding hydrogens is 262 g/mol. The predicted molar refractivity (Wildman–Crippen MR) is 87.7 cm³/mol. The largest absolute Gasteiger partial charge is 0.381 e. The summed E-state index contributed by atoms with van der Waals surface area (Å²) in [5.41, 5.74) is 0.581. The van der Waals surface area contributed by atoms with Gasteiger partial charge in [0.25, 0.3) is 0 Å². The molecule has 4 atom stereocenters. The van der Waals surface area contributed by atoms with Crippen molar-refractivity contribution >= 4 is 0 Å². The van der Waals surface area contributed by atoms with Gasteiger partial charge in [-0.05, 0) is 66.2 Å². The third kappa shape index (κ3) is 3.80. The summed E-state index contributed by atoms with van der Waals surface area (Å²) in [5, 5.41) is 0. The molecule has 21 heavy (non-hydrogen) atoms. The Labute approximate surface area is 131 Å². The second-order valence-electron chi connectivity index (χ2n) is 8.90. The first-order valence-corrected chi connectivity index (χ1v) is 8.52. The Balaban J connectivity index is 2.00. The molecule has 0 N–H and O–H groups in total. The average Bonchev–Trinajstić information content (AvgIpc) is 2.53. The molecule has 0 aromatic rings. The lowest BCUT2D eigenvalue weighted by atomic mass is 9.82. The molecule has 2 saturated heterocycles. The van der Waals surface area contributed by atoms with Crippen LogP contribution in [-0.2, 0) is 9.47 Å². The molecule has 0 aromatic heterocycles. The van der Waals surface area contributed by atoms with Gasteiger partial charge in [0, 0.05) is 24.7 Å². The molecule has 0 spiro atoms. The molecule has 3 heteroatoms. The second-order valence-corrected chi connectivity index (χ2v) is 8.90. The van der Waals surface area contributed by atoms with Crippen molar-refractivity contribution in [2.24, 2.45) is 5.92 Å². The van der Waals surface area contributed by atoms with Gasteiger partial charge in [-0.25, -0.2) is 0 Å². The average molecular weight is 297 g/mol. The number of piperidine rings is 1. The number of ether oxygens (including phenoxy) is 2. The first-order valence-electron chi connectivity index (χ1n) is 8.52. The van der Waals surface area contributed by atoms with E-state index in [1.807, 2.05) is 7.11 Å². The van der Waals surface area contributed by atoms with E-state index in [9.17, 15) is 0 Å². The number of nitrogens with zero attached hydrogens (tertiary/aromatic N) is 1. The van der Waals surface area contributed by atoms with Crippen LogP contribution in [0.25, 0.3) is 0 Å². The number of hydrogen-bond acceptors (Lipinski definition) is 3. The van der Waals surface area contributed by atoms with Crippen molar-refractivity contribution in [1.29, 1.82) is 0 Å². The minimum Gasteiger partial charge on any atom is -0.381 e. The van der Waals surface area contributed by atoms with E-state index in [4.69, 9.17) is 9.47 Å². The fourth-order valence-corrected chi connectivity index (χ4v) is 4.30. The van der Waals surface area contributed by atoms with Gasteiger partial charge in [0.1, 0.15) is 0 Å². The maximum absolute atomic E-state index is 5.98. The lowest BCUT2D eigenvalue weighted by Gasteiger charge is -2.51. The van der Waals surface area contributed by atoms with E-state index in [0.29, 0.717) is 23.1 Å². The van der Waals surface area contributed by atoms with Gasteiger partial charge in [-0.15, -0.1) is 0 Å². The molecule has 0 aromatic carbocycles. The van der Waals surface area contributed by atoms with Crippen LogP contribution in [0.5, 0.6) is 0 Å². The Hall–Kier alpha value is -0.120. The summed E-state index contributed by atoms with van der Waals surface area (Å²) in [6, 6.07) is 0. The molecule has 0 amide bonds. The molecule has 2 heterocycles. The van der Waals surface area contributed by atoms with Crippen molar-refractivity contribution in [1.82, 2.24) is 4.90 Å². The van der Waals surface area contributed by atoms with E-state index >= 15 is 0 Å². The topological polar surface area (TPSA) is 21.7 Å². The van der Waals surface area contributed by atoms with Crippen molar-refractivity contribution < 1.29 is 9.47 Å². The van der Waals surface area contributed by atoms with Crippen molar-refractivity contribution in [3.05, 3.63) is 0 Å². The number of rotatable bonds is 5. The third-order valence-corrected chi connectivity index (χ3v) is 5.47. The minimum atomic E-state index is -0.0376. The summed E-state index contributed by atoms with van der Waals surface area (Å²) < 4.78 is 11.7. The molecule has 2 aliphatic heterocycles. The highest BCUT2D eigenvalue weighted by Gasteiger charge is 2.55. The van der Waals surface area contributed by atoms with Crippen molar-refractivity contribution in [3.8, 4) is 0 Å². The highest BCUT2D eigenvalue weighted by Crippen LogP contribution is 2.51. The highest BCUT2D eigenvalue weighted by molar-refractivity contribution is 5.11. The van der Waals surface area contributed by atoms with Crippen LogP contribution in [-0.4, -0.2) is 47.9 Å². The summed E-state index contributed by atoms with van der Waals surface area (Å²) >= 11 is 0. The van der Waals surface area contributed by atoms with Crippen LogP contribution in [0.4, 0.5) is 0 Å². The lowest BCUT2D eigenvalue weighted by Crippen LogP contribution is -2.59. The van der Waals surface area contributed by atoms with Crippen LogP contribution in [0.3, 0.4) is 0 Å². The van der Waals surface area contributed by atoms with Crippen LogP contribution in [0, 0.1) is 5.92 Å². The zero-order valence-corrected chi connectivity index (χ0v) is 15.2. The van der Waals surface area contributed by atoms with Crippen molar-refractivity contribution in [2.75, 3.05) is 20.3 Å². The van der Waals surface area contributed by atoms with Crippen molar-refractivity contribution in [2.45, 2.75) is 90.0 Å². The summed E-state index contributed by atoms with van der Waals surface area (Å²) in [6.45, 7) is 15.6. The van der Waals surface area contributed by atoms with Gasteiger partial charge in [0.05, 0.1) is 18.3 Å². The molecule has 2 bridgehead atoms. The highest BCUT2D eigenvalue weighted by atomic mass is 16.5. The number of methoxy groups -OCH3 is 1. The van der Waals surface area contributed by atoms with Gasteiger partial charge in [-0.1, -0.05) is 6.92 Å². The van der Waals surface area contributed by atoms with Crippen molar-refractivity contribution in [3.63, 3.8) is 0 Å². The standard InChI is InChI=1S/C18H35NO2/c1-14(13-21-16(2,3)4)12-19-17(5)8-9-18(19,6)11-15(10-17)20-7/h14-15H,8-13H2,1-7H3/t14-,15?,17-,18+/m1/s1. The zero-order chi connectivity index (χ0) is 15.9. The summed E-state index contributed by atoms with van der Waals surface area (Å²) in [4.78, 5) is 2.77. The normalized spacial score (nSPS) is 38.7. The molecule has 2 rings (SSSR count). The summed E-state index contributed by atoms with van der Waals surface area (Å²) in [6.07, 6.45) is 5.38. The van der Waals surface area contributed by atoms with Crippen LogP contribution in [0.2, 0.25) is 0 Å². The summed E-state index contributed by atoms with van der Waals surface area (Å²) in [7, 11) is 1.87. The maximum atomic E-state index is 5.98. The minimum absolute atomic E-state index is 0.0376. The quantitative estimate of drug-likeness (QED) is 0.769. The van der Waals surface area contributed by atoms with Crippen LogP contribution >= 0.6 is 0 Å². The lowest BCUT2D eigenvalue weighted by molar-refractivity contribution is -0.0839. The van der Waals surface area contributed by atoms with Crippen LogP contribution in [0.1, 0.15) is 67.2 Å². The maximum Gasteiger partial charge on any atom is 0.0606 e. The molecule has 0 radical (unpaired) electrons. The van der Waals surface area contributed by atoms with Gasteiger partial charge in [0.15, 0.2) is 0 Å². The molecule has 2 fully saturated rings. The monoisotopic (exact) mass is 297 g/mol. The molecule has 2 aliphatic rings. The molecule has 124 valence electrons. The smallest absolute Gasteiger partial charge is 0.0606 e. The Morgan fingerprint density at radius 1 is 1.14 bits per heavy atom. The number of hydrogen-bond donors (Lipinski definition) is 0. The Bertz CT molecular complexity index is 345. The van der Waals surface area contributed by atoms with Gasteiger partial charge < -0.3 is 9.47 Å². The fraction of sp³-hybridized carbons (Fsp3) is 1.00. The predicted octanol–water partition coefficient (Wildman–Crippen LogP) is 3.86. The third-order valence-electron chi connectivity index (χ3n) is 5.47. The Morgan fingerprint density at radius 2 is 1.67 bits per heavy atom. The molecular formula is C18H35NO2. The SMILES string of the molecule is COC1C[C@]2(C)CC[C@](C)(C1)N2C[C@@H](C)COC(C)(C)C. The fourth-order valence-electron chi connectivity index (χ4n) is 4.30. The van der Waals surface area contributed by atoms with Gasteiger partial charge in [-0.3, -0.25) is 4.90 Å². The Kier molecular flexibility index (Phi) is 4.78. The van der Waals surface area contributed by atoms with E-state index in [0.717, 1.165) is 13.2 Å². The van der Waals surface area contributed by atoms with E-state index in [1.54, 1.807) is 0 Å². The first-order chi connectivity index (χ1) is 9.58. The molecule has 3 nitrogen and oxygen atoms in total. The Morgan fingerprint density at radius 3 is 2.10 bits per heavy atom. The van der Waals surface area contributed by atoms with Crippen LogP contribution < -0.4 is 0 Å². The molecule has 0 saturated carbocycles. The molecule has 1 unspecified atom stereocenters. The van der Waals surface area contributed by atoms with Gasteiger partial charge in [0.2, 0.25) is 0 Å². The zero-order valence-electron chi connectivity index (χ0n) is 15.2. The van der Waals surface area contributed by atoms with Gasteiger partial charge in [-0.2, -0.15) is 0 Å². The van der Waals surface area contributed by atoms with E-state index in [1.165, 1.54) is 25.7 Å². The first kappa shape index (κ1) is 17.2. The second kappa shape index (κ2) is 5.82. The number of fused-ring (bicyclic) bond motifs is 2. The van der Waals surface area contributed by atoms with E-state index in [-0.39, 0.29) is 5.60 Å². The van der Waals surface area contributed by atoms with E-state index < -0.39 is 0 Å². The van der Waals surface area contributed by atoms with Gasteiger partial charge >= 0.3 is 0 Å². The molecule has 0 aliphatic carbocycles. The van der Waals surface area contributed by atoms with Crippen LogP contribution in [0.15, 0.2) is 0 Å². The van der Waals surface area contributed by atoms with E-state index in [2.05, 4.69) is 46.4 Å².